The summed E-state index contributed by atoms with van der Waals surface area (Å²) in [5.74, 6) is 3.50. The van der Waals surface area contributed by atoms with Crippen LogP contribution >= 0.6 is 0 Å². The van der Waals surface area contributed by atoms with Crippen LogP contribution in [-0.2, 0) is 0 Å². The van der Waals surface area contributed by atoms with Gasteiger partial charge in [0.2, 0.25) is 5.75 Å². The van der Waals surface area contributed by atoms with Gasteiger partial charge in [0.05, 0.1) is 14.2 Å². The van der Waals surface area contributed by atoms with Gasteiger partial charge in [0.1, 0.15) is 19.3 Å². The minimum absolute atomic E-state index is 0.0179. The predicted octanol–water partition coefficient (Wildman–Crippen LogP) is 2.51. The van der Waals surface area contributed by atoms with Gasteiger partial charge in [0.25, 0.3) is 0 Å². The summed E-state index contributed by atoms with van der Waals surface area (Å²) in [6.45, 7) is 2.37. The van der Waals surface area contributed by atoms with Crippen LogP contribution in [0.15, 0.2) is 42.5 Å². The predicted molar refractivity (Wildman–Crippen MR) is 94.3 cm³/mol. The number of benzene rings is 2. The summed E-state index contributed by atoms with van der Waals surface area (Å²) in [6.07, 6.45) is -0.0179. The quantitative estimate of drug-likeness (QED) is 0.742. The molecule has 0 spiro atoms. The molecule has 1 atom stereocenters. The summed E-state index contributed by atoms with van der Waals surface area (Å²) in [5, 5.41) is 3.32. The molecule has 0 amide bonds. The number of ether oxygens (including phenoxy) is 5. The fraction of sp³-hybridized carbons (Fsp3) is 0.368. The number of hydrogen-bond acceptors (Lipinski definition) is 6. The van der Waals surface area contributed by atoms with E-state index in [1.165, 1.54) is 0 Å². The second kappa shape index (κ2) is 8.48. The highest BCUT2D eigenvalue weighted by Crippen LogP contribution is 2.36. The van der Waals surface area contributed by atoms with Crippen LogP contribution in [0.1, 0.15) is 0 Å². The maximum Gasteiger partial charge on any atom is 0.203 e. The molecule has 0 radical (unpaired) electrons. The van der Waals surface area contributed by atoms with Gasteiger partial charge >= 0.3 is 0 Å². The monoisotopic (exact) mass is 345 g/mol. The fourth-order valence-corrected chi connectivity index (χ4v) is 2.61. The van der Waals surface area contributed by atoms with Gasteiger partial charge in [-0.2, -0.15) is 0 Å². The van der Waals surface area contributed by atoms with Crippen LogP contribution in [0.4, 0.5) is 0 Å². The second-order valence-corrected chi connectivity index (χ2v) is 5.54. The zero-order valence-corrected chi connectivity index (χ0v) is 14.5. The Hall–Kier alpha value is -2.60. The third-order valence-electron chi connectivity index (χ3n) is 3.85. The Balaban J connectivity index is 1.43. The molecule has 1 aliphatic heterocycles. The molecule has 134 valence electrons. The molecule has 3 rings (SSSR count). The van der Waals surface area contributed by atoms with Crippen molar-refractivity contribution >= 4 is 0 Å². The molecule has 0 fully saturated rings. The van der Waals surface area contributed by atoms with Crippen molar-refractivity contribution in [1.29, 1.82) is 0 Å². The van der Waals surface area contributed by atoms with Crippen molar-refractivity contribution in [2.75, 3.05) is 40.5 Å². The zero-order chi connectivity index (χ0) is 17.5. The average Bonchev–Trinajstić information content (AvgIpc) is 2.67. The van der Waals surface area contributed by atoms with Crippen molar-refractivity contribution < 1.29 is 23.7 Å². The van der Waals surface area contributed by atoms with Crippen molar-refractivity contribution in [2.24, 2.45) is 0 Å². The van der Waals surface area contributed by atoms with Gasteiger partial charge < -0.3 is 29.0 Å². The summed E-state index contributed by atoms with van der Waals surface area (Å²) in [6, 6.07) is 13.2. The number of methoxy groups -OCH3 is 2. The van der Waals surface area contributed by atoms with Gasteiger partial charge in [-0.3, -0.25) is 0 Å². The molecule has 0 aromatic heterocycles. The topological polar surface area (TPSA) is 58.2 Å². The lowest BCUT2D eigenvalue weighted by molar-refractivity contribution is 0.0897. The lowest BCUT2D eigenvalue weighted by Gasteiger charge is -2.26. The van der Waals surface area contributed by atoms with E-state index in [0.29, 0.717) is 43.6 Å². The standard InChI is InChI=1S/C19H23NO5/c1-21-17-8-5-9-18(22-2)19(17)23-11-10-20-12-14-13-24-15-6-3-4-7-16(15)25-14/h3-9,14,20H,10-13H2,1-2H3/t14-/m1/s1. The van der Waals surface area contributed by atoms with Gasteiger partial charge in [-0.15, -0.1) is 0 Å². The van der Waals surface area contributed by atoms with E-state index in [9.17, 15) is 0 Å². The molecule has 1 N–H and O–H groups in total. The first-order valence-corrected chi connectivity index (χ1v) is 8.25. The Morgan fingerprint density at radius 3 is 2.44 bits per heavy atom. The SMILES string of the molecule is COc1cccc(OC)c1OCCNC[C@@H]1COc2ccccc2O1. The minimum Gasteiger partial charge on any atom is -0.493 e. The Morgan fingerprint density at radius 1 is 1.00 bits per heavy atom. The third kappa shape index (κ3) is 4.28. The number of hydrogen-bond donors (Lipinski definition) is 1. The van der Waals surface area contributed by atoms with E-state index >= 15 is 0 Å². The Kier molecular flexibility index (Phi) is 5.85. The molecule has 0 bridgehead atoms. The molecule has 0 saturated heterocycles. The van der Waals surface area contributed by atoms with Crippen molar-refractivity contribution in [1.82, 2.24) is 5.32 Å². The van der Waals surface area contributed by atoms with Crippen LogP contribution in [-0.4, -0.2) is 46.6 Å². The second-order valence-electron chi connectivity index (χ2n) is 5.54. The van der Waals surface area contributed by atoms with Gasteiger partial charge in [-0.1, -0.05) is 18.2 Å². The number of para-hydroxylation sites is 3. The number of fused-ring (bicyclic) bond motifs is 1. The lowest BCUT2D eigenvalue weighted by atomic mass is 10.2. The van der Waals surface area contributed by atoms with Gasteiger partial charge in [0, 0.05) is 13.1 Å². The molecular weight excluding hydrogens is 322 g/mol. The number of rotatable bonds is 8. The first-order valence-electron chi connectivity index (χ1n) is 8.25. The molecule has 0 saturated carbocycles. The maximum atomic E-state index is 5.90. The van der Waals surface area contributed by atoms with Crippen molar-refractivity contribution in [3.8, 4) is 28.7 Å². The van der Waals surface area contributed by atoms with E-state index in [2.05, 4.69) is 5.32 Å². The Morgan fingerprint density at radius 2 is 1.72 bits per heavy atom. The Labute approximate surface area is 147 Å². The molecule has 1 heterocycles. The van der Waals surface area contributed by atoms with E-state index in [0.717, 1.165) is 11.5 Å². The first-order chi connectivity index (χ1) is 12.3. The molecule has 6 nitrogen and oxygen atoms in total. The molecular formula is C19H23NO5. The van der Waals surface area contributed by atoms with Crippen LogP contribution in [0.5, 0.6) is 28.7 Å². The smallest absolute Gasteiger partial charge is 0.203 e. The van der Waals surface area contributed by atoms with E-state index in [-0.39, 0.29) is 6.10 Å². The van der Waals surface area contributed by atoms with E-state index in [1.807, 2.05) is 42.5 Å². The first kappa shape index (κ1) is 17.2. The normalized spacial score (nSPS) is 15.5. The summed E-state index contributed by atoms with van der Waals surface area (Å²) in [5.41, 5.74) is 0. The van der Waals surface area contributed by atoms with Crippen LogP contribution in [0, 0.1) is 0 Å². The van der Waals surface area contributed by atoms with E-state index < -0.39 is 0 Å². The van der Waals surface area contributed by atoms with Gasteiger partial charge in [-0.25, -0.2) is 0 Å². The summed E-state index contributed by atoms with van der Waals surface area (Å²) < 4.78 is 28.0. The Bertz CT molecular complexity index is 669. The molecule has 0 unspecified atom stereocenters. The number of nitrogens with one attached hydrogen (secondary N) is 1. The zero-order valence-electron chi connectivity index (χ0n) is 14.5. The molecule has 2 aromatic carbocycles. The van der Waals surface area contributed by atoms with Crippen molar-refractivity contribution in [3.63, 3.8) is 0 Å². The molecule has 6 heteroatoms. The molecule has 1 aliphatic rings. The van der Waals surface area contributed by atoms with Crippen molar-refractivity contribution in [3.05, 3.63) is 42.5 Å². The van der Waals surface area contributed by atoms with Gasteiger partial charge in [-0.05, 0) is 24.3 Å². The molecule has 25 heavy (non-hydrogen) atoms. The summed E-state index contributed by atoms with van der Waals surface area (Å²) in [7, 11) is 3.22. The highest BCUT2D eigenvalue weighted by Gasteiger charge is 2.20. The largest absolute Gasteiger partial charge is 0.493 e. The van der Waals surface area contributed by atoms with Gasteiger partial charge in [0.15, 0.2) is 23.0 Å². The fourth-order valence-electron chi connectivity index (χ4n) is 2.61. The molecule has 2 aromatic rings. The van der Waals surface area contributed by atoms with Crippen LogP contribution in [0.25, 0.3) is 0 Å². The minimum atomic E-state index is -0.0179. The molecule has 0 aliphatic carbocycles. The highest BCUT2D eigenvalue weighted by molar-refractivity contribution is 5.51. The summed E-state index contributed by atoms with van der Waals surface area (Å²) in [4.78, 5) is 0. The van der Waals surface area contributed by atoms with Crippen LogP contribution in [0.3, 0.4) is 0 Å². The van der Waals surface area contributed by atoms with Crippen LogP contribution < -0.4 is 29.0 Å². The lowest BCUT2D eigenvalue weighted by Crippen LogP contribution is -2.39. The van der Waals surface area contributed by atoms with Crippen LogP contribution in [0.2, 0.25) is 0 Å². The van der Waals surface area contributed by atoms with E-state index in [1.54, 1.807) is 14.2 Å². The highest BCUT2D eigenvalue weighted by atomic mass is 16.6. The maximum absolute atomic E-state index is 5.90. The van der Waals surface area contributed by atoms with E-state index in [4.69, 9.17) is 23.7 Å². The summed E-state index contributed by atoms with van der Waals surface area (Å²) >= 11 is 0. The third-order valence-corrected chi connectivity index (χ3v) is 3.85. The average molecular weight is 345 g/mol. The van der Waals surface area contributed by atoms with Crippen molar-refractivity contribution in [2.45, 2.75) is 6.10 Å².